The van der Waals surface area contributed by atoms with Crippen molar-refractivity contribution in [2.75, 3.05) is 19.7 Å². The van der Waals surface area contributed by atoms with Crippen molar-refractivity contribution in [3.05, 3.63) is 0 Å². The van der Waals surface area contributed by atoms with Gasteiger partial charge in [0.1, 0.15) is 0 Å². The molecule has 2 aliphatic rings. The predicted molar refractivity (Wildman–Crippen MR) is 67.3 cm³/mol. The Kier molecular flexibility index (Phi) is 4.10. The van der Waals surface area contributed by atoms with Gasteiger partial charge in [0, 0.05) is 25.1 Å². The number of halogens is 3. The Bertz CT molecular complexity index is 308. The molecule has 0 aromatic carbocycles. The van der Waals surface area contributed by atoms with Crippen LogP contribution < -0.4 is 10.6 Å². The number of hydrogen-bond acceptors (Lipinski definition) is 3. The van der Waals surface area contributed by atoms with Gasteiger partial charge in [-0.15, -0.1) is 0 Å². The monoisotopic (exact) mass is 300 g/mol. The van der Waals surface area contributed by atoms with E-state index in [1.165, 1.54) is 0 Å². The van der Waals surface area contributed by atoms with Crippen LogP contribution in [-0.2, 0) is 4.79 Å². The molecule has 3 N–H and O–H groups in total. The molecule has 0 bridgehead atoms. The first-order chi connectivity index (χ1) is 7.93. The van der Waals surface area contributed by atoms with Crippen molar-refractivity contribution >= 4 is 40.7 Å². The second kappa shape index (κ2) is 5.10. The Morgan fingerprint density at radius 2 is 2.12 bits per heavy atom. The number of carbonyl (C=O) groups excluding carboxylic acids is 1. The maximum Gasteiger partial charge on any atom is 0.272 e. The van der Waals surface area contributed by atoms with Gasteiger partial charge in [-0.25, -0.2) is 0 Å². The van der Waals surface area contributed by atoms with Gasteiger partial charge in [0.15, 0.2) is 0 Å². The van der Waals surface area contributed by atoms with Crippen molar-refractivity contribution in [3.63, 3.8) is 0 Å². The molecule has 1 amide bonds. The highest BCUT2D eigenvalue weighted by Crippen LogP contribution is 2.39. The number of rotatable bonds is 2. The summed E-state index contributed by atoms with van der Waals surface area (Å²) in [6.45, 7) is 1.82. The highest BCUT2D eigenvalue weighted by molar-refractivity contribution is 6.76. The molecule has 4 unspecified atom stereocenters. The summed E-state index contributed by atoms with van der Waals surface area (Å²) < 4.78 is -1.94. The summed E-state index contributed by atoms with van der Waals surface area (Å²) in [5.74, 6) is 0.262. The molecule has 0 radical (unpaired) electrons. The fourth-order valence-corrected chi connectivity index (χ4v) is 3.13. The van der Waals surface area contributed by atoms with Gasteiger partial charge in [-0.3, -0.25) is 4.79 Å². The van der Waals surface area contributed by atoms with Gasteiger partial charge < -0.3 is 15.7 Å². The average molecular weight is 302 g/mol. The number of hydrogen-bond donors (Lipinski definition) is 3. The quantitative estimate of drug-likeness (QED) is 0.658. The largest absolute Gasteiger partial charge is 0.396 e. The lowest BCUT2D eigenvalue weighted by Crippen LogP contribution is -2.48. The van der Waals surface area contributed by atoms with Crippen molar-refractivity contribution < 1.29 is 9.90 Å². The minimum absolute atomic E-state index is 0.0534. The van der Waals surface area contributed by atoms with Crippen molar-refractivity contribution in [2.45, 2.75) is 16.3 Å². The summed E-state index contributed by atoms with van der Waals surface area (Å²) in [4.78, 5) is 11.7. The van der Waals surface area contributed by atoms with Crippen LogP contribution >= 0.6 is 34.8 Å². The normalized spacial score (nSPS) is 36.9. The van der Waals surface area contributed by atoms with E-state index in [0.717, 1.165) is 19.5 Å². The lowest BCUT2D eigenvalue weighted by Gasteiger charge is -2.25. The Labute approximate surface area is 115 Å². The highest BCUT2D eigenvalue weighted by atomic mass is 35.6. The molecule has 98 valence electrons. The number of nitrogens with one attached hydrogen (secondary N) is 2. The second-order valence-corrected chi connectivity index (χ2v) is 7.04. The third-order valence-electron chi connectivity index (χ3n) is 3.76. The van der Waals surface area contributed by atoms with Crippen molar-refractivity contribution in [2.24, 2.45) is 17.8 Å². The Balaban J connectivity index is 2.04. The van der Waals surface area contributed by atoms with E-state index in [1.807, 2.05) is 0 Å². The highest BCUT2D eigenvalue weighted by Gasteiger charge is 2.47. The molecule has 2 fully saturated rings. The SMILES string of the molecule is O=C(NC1C(CO)CC2CNCC21)C(Cl)(Cl)Cl. The molecule has 7 heteroatoms. The summed E-state index contributed by atoms with van der Waals surface area (Å²) in [5, 5.41) is 15.4. The molecule has 4 atom stereocenters. The molecule has 0 spiro atoms. The smallest absolute Gasteiger partial charge is 0.272 e. The van der Waals surface area contributed by atoms with Gasteiger partial charge in [0.05, 0.1) is 0 Å². The zero-order valence-electron chi connectivity index (χ0n) is 9.13. The van der Waals surface area contributed by atoms with Gasteiger partial charge >= 0.3 is 0 Å². The van der Waals surface area contributed by atoms with Crippen LogP contribution in [0.3, 0.4) is 0 Å². The van der Waals surface area contributed by atoms with E-state index in [-0.39, 0.29) is 18.6 Å². The van der Waals surface area contributed by atoms with Crippen LogP contribution in [0.2, 0.25) is 0 Å². The molecule has 1 saturated heterocycles. The minimum Gasteiger partial charge on any atom is -0.396 e. The van der Waals surface area contributed by atoms with Gasteiger partial charge in [-0.05, 0) is 24.8 Å². The van der Waals surface area contributed by atoms with Crippen LogP contribution in [0.4, 0.5) is 0 Å². The number of amides is 1. The van der Waals surface area contributed by atoms with Crippen molar-refractivity contribution in [1.82, 2.24) is 10.6 Å². The van der Waals surface area contributed by atoms with E-state index in [2.05, 4.69) is 10.6 Å². The molecular formula is C10H15Cl3N2O2. The summed E-state index contributed by atoms with van der Waals surface area (Å²) in [6, 6.07) is -0.108. The maximum absolute atomic E-state index is 11.7. The first kappa shape index (κ1) is 13.7. The summed E-state index contributed by atoms with van der Waals surface area (Å²) >= 11 is 16.6. The topological polar surface area (TPSA) is 61.4 Å². The van der Waals surface area contributed by atoms with Gasteiger partial charge in [-0.1, -0.05) is 34.8 Å². The molecule has 1 aliphatic carbocycles. The third-order valence-corrected chi connectivity index (χ3v) is 4.27. The van der Waals surface area contributed by atoms with E-state index in [0.29, 0.717) is 11.8 Å². The first-order valence-electron chi connectivity index (χ1n) is 5.62. The average Bonchev–Trinajstić information content (AvgIpc) is 2.78. The molecule has 17 heavy (non-hydrogen) atoms. The van der Waals surface area contributed by atoms with E-state index >= 15 is 0 Å². The van der Waals surface area contributed by atoms with E-state index in [1.54, 1.807) is 0 Å². The van der Waals surface area contributed by atoms with Crippen molar-refractivity contribution in [1.29, 1.82) is 0 Å². The van der Waals surface area contributed by atoms with Gasteiger partial charge in [-0.2, -0.15) is 0 Å². The standard InChI is InChI=1S/C10H15Cl3N2O2/c11-10(12,13)9(17)15-8-6(4-16)1-5-2-14-3-7(5)8/h5-8,14,16H,1-4H2,(H,15,17). The summed E-state index contributed by atoms with van der Waals surface area (Å²) in [6.07, 6.45) is 0.902. The van der Waals surface area contributed by atoms with E-state index in [4.69, 9.17) is 34.8 Å². The van der Waals surface area contributed by atoms with Gasteiger partial charge in [0.2, 0.25) is 0 Å². The maximum atomic E-state index is 11.7. The van der Waals surface area contributed by atoms with Crippen LogP contribution in [0.1, 0.15) is 6.42 Å². The van der Waals surface area contributed by atoms with Crippen LogP contribution in [0, 0.1) is 17.8 Å². The Morgan fingerprint density at radius 3 is 2.71 bits per heavy atom. The van der Waals surface area contributed by atoms with Crippen LogP contribution in [0.15, 0.2) is 0 Å². The zero-order valence-corrected chi connectivity index (χ0v) is 11.4. The molecule has 1 heterocycles. The Morgan fingerprint density at radius 1 is 1.41 bits per heavy atom. The molecule has 0 aromatic heterocycles. The van der Waals surface area contributed by atoms with Crippen LogP contribution in [-0.4, -0.2) is 40.5 Å². The summed E-state index contributed by atoms with van der Waals surface area (Å²) in [7, 11) is 0. The van der Waals surface area contributed by atoms with Gasteiger partial charge in [0.25, 0.3) is 9.70 Å². The second-order valence-electron chi connectivity index (χ2n) is 4.76. The molecule has 1 aliphatic heterocycles. The van der Waals surface area contributed by atoms with Crippen LogP contribution in [0.25, 0.3) is 0 Å². The number of aliphatic hydroxyl groups is 1. The zero-order chi connectivity index (χ0) is 12.6. The predicted octanol–water partition coefficient (Wildman–Crippen LogP) is 0.689. The molecule has 0 aromatic rings. The third kappa shape index (κ3) is 2.82. The fraction of sp³-hybridized carbons (Fsp3) is 0.900. The number of fused-ring (bicyclic) bond motifs is 1. The molecule has 2 rings (SSSR count). The van der Waals surface area contributed by atoms with Crippen molar-refractivity contribution in [3.8, 4) is 0 Å². The lowest BCUT2D eigenvalue weighted by atomic mass is 9.96. The van der Waals surface area contributed by atoms with E-state index in [9.17, 15) is 9.90 Å². The Hall–Kier alpha value is 0.260. The minimum atomic E-state index is -1.94. The molecule has 1 saturated carbocycles. The van der Waals surface area contributed by atoms with Crippen LogP contribution in [0.5, 0.6) is 0 Å². The number of aliphatic hydroxyl groups excluding tert-OH is 1. The molecule has 4 nitrogen and oxygen atoms in total. The fourth-order valence-electron chi connectivity index (χ4n) is 2.96. The number of alkyl halides is 3. The lowest BCUT2D eigenvalue weighted by molar-refractivity contribution is -0.121. The number of carbonyl (C=O) groups is 1. The summed E-state index contributed by atoms with van der Waals surface area (Å²) in [5.41, 5.74) is 0. The molecular weight excluding hydrogens is 286 g/mol. The van der Waals surface area contributed by atoms with E-state index < -0.39 is 9.70 Å². The first-order valence-corrected chi connectivity index (χ1v) is 6.76.